The first-order valence-corrected chi connectivity index (χ1v) is 18.2. The summed E-state index contributed by atoms with van der Waals surface area (Å²) in [6.45, 7) is 2.70. The fourth-order valence-electron chi connectivity index (χ4n) is 6.64. The minimum atomic E-state index is -3.83. The molecule has 0 bridgehead atoms. The number of carbonyl (C=O) groups is 2. The van der Waals surface area contributed by atoms with E-state index in [2.05, 4.69) is 10.6 Å². The maximum Gasteiger partial charge on any atom is 0.407 e. The molecular formula is C38H40ClF2N3O5S. The smallest absolute Gasteiger partial charge is 0.407 e. The van der Waals surface area contributed by atoms with Gasteiger partial charge in [0.05, 0.1) is 18.0 Å². The van der Waals surface area contributed by atoms with Gasteiger partial charge in [-0.05, 0) is 90.9 Å². The Balaban J connectivity index is 1.43. The predicted molar refractivity (Wildman–Crippen MR) is 189 cm³/mol. The molecule has 264 valence electrons. The van der Waals surface area contributed by atoms with Gasteiger partial charge in [0.2, 0.25) is 10.0 Å². The highest BCUT2D eigenvalue weighted by atomic mass is 35.5. The van der Waals surface area contributed by atoms with E-state index in [1.807, 2.05) is 6.92 Å². The zero-order valence-corrected chi connectivity index (χ0v) is 29.4. The Bertz CT molecular complexity index is 1880. The lowest BCUT2D eigenvalue weighted by atomic mass is 9.82. The highest BCUT2D eigenvalue weighted by Gasteiger charge is 2.38. The van der Waals surface area contributed by atoms with Crippen LogP contribution in [0.4, 0.5) is 13.6 Å². The van der Waals surface area contributed by atoms with Crippen LogP contribution in [0.25, 0.3) is 0 Å². The van der Waals surface area contributed by atoms with Crippen LogP contribution < -0.4 is 10.6 Å². The van der Waals surface area contributed by atoms with Crippen molar-refractivity contribution in [1.29, 1.82) is 0 Å². The summed E-state index contributed by atoms with van der Waals surface area (Å²) < 4.78 is 63.2. The largest absolute Gasteiger partial charge is 0.453 e. The van der Waals surface area contributed by atoms with Crippen molar-refractivity contribution in [3.63, 3.8) is 0 Å². The number of rotatable bonds is 13. The molecule has 0 saturated carbocycles. The molecule has 0 unspecified atom stereocenters. The summed E-state index contributed by atoms with van der Waals surface area (Å²) in [5.74, 6) is -1.93. The van der Waals surface area contributed by atoms with E-state index in [-0.39, 0.29) is 30.2 Å². The van der Waals surface area contributed by atoms with Crippen LogP contribution in [0.3, 0.4) is 0 Å². The molecule has 1 aliphatic rings. The van der Waals surface area contributed by atoms with Gasteiger partial charge in [0.25, 0.3) is 0 Å². The summed E-state index contributed by atoms with van der Waals surface area (Å²) in [4.78, 5) is 27.1. The van der Waals surface area contributed by atoms with E-state index in [1.165, 1.54) is 35.7 Å². The second kappa shape index (κ2) is 16.7. The number of carbonyl (C=O) groups excluding carboxylic acids is 2. The Labute approximate surface area is 296 Å². The number of piperazine rings is 1. The number of alkyl carbamates (subject to hydrolysis) is 1. The first-order valence-electron chi connectivity index (χ1n) is 16.4. The van der Waals surface area contributed by atoms with Gasteiger partial charge in [-0.15, -0.1) is 0 Å². The van der Waals surface area contributed by atoms with E-state index in [9.17, 15) is 22.4 Å². The van der Waals surface area contributed by atoms with Crippen molar-refractivity contribution in [1.82, 2.24) is 14.9 Å². The number of hydrogen-bond donors (Lipinski definition) is 2. The van der Waals surface area contributed by atoms with Gasteiger partial charge in [-0.25, -0.2) is 22.0 Å². The zero-order valence-electron chi connectivity index (χ0n) is 27.8. The fraction of sp³-hybridized carbons (Fsp3) is 0.316. The number of methoxy groups -OCH3 is 1. The van der Waals surface area contributed by atoms with Crippen LogP contribution in [0.2, 0.25) is 5.02 Å². The molecule has 1 fully saturated rings. The lowest BCUT2D eigenvalue weighted by Crippen LogP contribution is -2.58. The van der Waals surface area contributed by atoms with Crippen molar-refractivity contribution in [2.75, 3.05) is 20.2 Å². The first-order chi connectivity index (χ1) is 24.0. The number of nitrogens with zero attached hydrogens (tertiary/aromatic N) is 1. The third-order valence-corrected chi connectivity index (χ3v) is 11.4. The Hall–Kier alpha value is -4.16. The van der Waals surface area contributed by atoms with Crippen LogP contribution >= 0.6 is 11.6 Å². The molecule has 1 aliphatic heterocycles. The second-order valence-electron chi connectivity index (χ2n) is 12.5. The molecule has 0 aromatic heterocycles. The number of hydrogen-bond acceptors (Lipinski definition) is 6. The number of ketones is 1. The van der Waals surface area contributed by atoms with Gasteiger partial charge in [0.1, 0.15) is 11.6 Å². The van der Waals surface area contributed by atoms with Gasteiger partial charge in [0, 0.05) is 42.5 Å². The molecular weight excluding hydrogens is 684 g/mol. The summed E-state index contributed by atoms with van der Waals surface area (Å²) in [5, 5.41) is 6.48. The van der Waals surface area contributed by atoms with E-state index in [4.69, 9.17) is 16.3 Å². The zero-order chi connectivity index (χ0) is 35.8. The number of sulfonamides is 1. The van der Waals surface area contributed by atoms with Crippen LogP contribution in [0, 0.1) is 11.6 Å². The van der Waals surface area contributed by atoms with E-state index >= 15 is 4.39 Å². The summed E-state index contributed by atoms with van der Waals surface area (Å²) in [6.07, 6.45) is -0.315. The van der Waals surface area contributed by atoms with Gasteiger partial charge < -0.3 is 15.4 Å². The topological polar surface area (TPSA) is 105 Å². The Morgan fingerprint density at radius 3 is 2.34 bits per heavy atom. The van der Waals surface area contributed by atoms with E-state index < -0.39 is 51.5 Å². The number of Topliss-reactive ketones (excluding diaryl/α,β-unsaturated/α-hetero) is 1. The Kier molecular flexibility index (Phi) is 12.4. The summed E-state index contributed by atoms with van der Waals surface area (Å²) in [7, 11) is -2.64. The molecule has 4 aromatic carbocycles. The minimum Gasteiger partial charge on any atom is -0.453 e. The normalized spacial score (nSPS) is 17.9. The van der Waals surface area contributed by atoms with Gasteiger partial charge in [-0.3, -0.25) is 4.79 Å². The first kappa shape index (κ1) is 37.1. The monoisotopic (exact) mass is 723 g/mol. The quantitative estimate of drug-likeness (QED) is 0.164. The Morgan fingerprint density at radius 1 is 0.960 bits per heavy atom. The van der Waals surface area contributed by atoms with E-state index in [0.29, 0.717) is 41.2 Å². The maximum absolute atomic E-state index is 15.6. The minimum absolute atomic E-state index is 0.167. The van der Waals surface area contributed by atoms with Gasteiger partial charge in [-0.2, -0.15) is 4.31 Å². The van der Waals surface area contributed by atoms with Crippen molar-refractivity contribution in [3.05, 3.63) is 136 Å². The molecule has 0 radical (unpaired) electrons. The lowest BCUT2D eigenvalue weighted by molar-refractivity contribution is -0.120. The number of nitrogens with one attached hydrogen (secondary N) is 2. The summed E-state index contributed by atoms with van der Waals surface area (Å²) in [6, 6.07) is 23.6. The van der Waals surface area contributed by atoms with Crippen molar-refractivity contribution in [3.8, 4) is 0 Å². The van der Waals surface area contributed by atoms with Gasteiger partial charge in [0.15, 0.2) is 5.78 Å². The van der Waals surface area contributed by atoms with E-state index in [0.717, 1.165) is 5.56 Å². The average molecular weight is 724 g/mol. The molecule has 50 heavy (non-hydrogen) atoms. The summed E-state index contributed by atoms with van der Waals surface area (Å²) >= 11 is 6.17. The lowest BCUT2D eigenvalue weighted by Gasteiger charge is -2.40. The molecule has 2 N–H and O–H groups in total. The standard InChI is InChI=1S/C38H40ClF2N3O5S/c1-25-23-42-24-31(44(25)50(47,48)32-8-4-3-5-9-32)19-20-33-28(7-6-10-35(33)41)22-36(45)37(43-38(46)49-2)34(27-13-15-29(39)16-14-27)21-26-11-17-30(40)18-12-26/h3-18,25,31,34,37,42H,19-24H2,1-2H3,(H,43,46)/t25-,31+,34+,37+/m1/s1. The van der Waals surface area contributed by atoms with Crippen LogP contribution in [-0.2, 0) is 38.8 Å². The number of amides is 1. The van der Waals surface area contributed by atoms with Gasteiger partial charge in [-0.1, -0.05) is 66.2 Å². The number of ether oxygens (including phenoxy) is 1. The highest BCUT2D eigenvalue weighted by Crippen LogP contribution is 2.30. The van der Waals surface area contributed by atoms with Crippen molar-refractivity contribution in [2.45, 2.75) is 61.5 Å². The highest BCUT2D eigenvalue weighted by molar-refractivity contribution is 7.89. The third-order valence-electron chi connectivity index (χ3n) is 9.12. The molecule has 8 nitrogen and oxygen atoms in total. The molecule has 5 rings (SSSR count). The molecule has 0 aliphatic carbocycles. The van der Waals surface area contributed by atoms with Gasteiger partial charge >= 0.3 is 6.09 Å². The molecule has 1 heterocycles. The SMILES string of the molecule is COC(=O)N[C@H](C(=O)Cc1cccc(F)c1CC[C@H]1CNC[C@@H](C)N1S(=O)(=O)c1ccccc1)[C@@H](Cc1ccc(F)cc1)c1ccc(Cl)cc1. The Morgan fingerprint density at radius 2 is 1.66 bits per heavy atom. The second-order valence-corrected chi connectivity index (χ2v) is 14.8. The van der Waals surface area contributed by atoms with Crippen LogP contribution in [-0.4, -0.2) is 62.9 Å². The van der Waals surface area contributed by atoms with Crippen LogP contribution in [0.1, 0.15) is 41.5 Å². The fourth-order valence-corrected chi connectivity index (χ4v) is 8.63. The van der Waals surface area contributed by atoms with Crippen LogP contribution in [0.5, 0.6) is 0 Å². The summed E-state index contributed by atoms with van der Waals surface area (Å²) in [5.41, 5.74) is 2.16. The number of halogens is 3. The molecule has 4 atom stereocenters. The predicted octanol–water partition coefficient (Wildman–Crippen LogP) is 6.46. The average Bonchev–Trinajstić information content (AvgIpc) is 3.11. The van der Waals surface area contributed by atoms with Crippen molar-refractivity contribution < 1.29 is 31.5 Å². The molecule has 0 spiro atoms. The maximum atomic E-state index is 15.6. The number of benzene rings is 4. The molecule has 1 saturated heterocycles. The van der Waals surface area contributed by atoms with Crippen molar-refractivity contribution in [2.24, 2.45) is 0 Å². The third kappa shape index (κ3) is 8.95. The molecule has 4 aromatic rings. The molecule has 1 amide bonds. The van der Waals surface area contributed by atoms with E-state index in [1.54, 1.807) is 72.8 Å². The van der Waals surface area contributed by atoms with Crippen LogP contribution in [0.15, 0.2) is 102 Å². The van der Waals surface area contributed by atoms with Crippen molar-refractivity contribution >= 4 is 33.5 Å². The molecule has 12 heteroatoms.